The van der Waals surface area contributed by atoms with Gasteiger partial charge in [-0.2, -0.15) is 4.98 Å². The fourth-order valence-electron chi connectivity index (χ4n) is 1.94. The molecule has 0 spiro atoms. The van der Waals surface area contributed by atoms with Gasteiger partial charge in [0.2, 0.25) is 5.89 Å². The van der Waals surface area contributed by atoms with Gasteiger partial charge in [-0.1, -0.05) is 19.0 Å². The van der Waals surface area contributed by atoms with Crippen molar-refractivity contribution in [1.29, 1.82) is 0 Å². The zero-order valence-corrected chi connectivity index (χ0v) is 16.2. The number of rotatable bonds is 7. The molecule has 0 unspecified atom stereocenters. The van der Waals surface area contributed by atoms with Gasteiger partial charge in [0, 0.05) is 51.4 Å². The van der Waals surface area contributed by atoms with Crippen LogP contribution in [0.4, 0.5) is 0 Å². The van der Waals surface area contributed by atoms with E-state index in [2.05, 4.69) is 30.3 Å². The standard InChI is InChI=1S/C15H24N6O.HI/c1-12(2)14-19-13(22-20-14)6-7-17-15(16-3)18-8-11-21-9-4-5-10-21;/h4-5,9-10,12H,6-8,11H2,1-3H3,(H2,16,17,18);1H. The van der Waals surface area contributed by atoms with Crippen molar-refractivity contribution in [3.8, 4) is 0 Å². The molecule has 0 bridgehead atoms. The molecule has 128 valence electrons. The molecule has 2 aromatic rings. The van der Waals surface area contributed by atoms with E-state index in [0.717, 1.165) is 24.9 Å². The zero-order valence-electron chi connectivity index (χ0n) is 13.8. The van der Waals surface area contributed by atoms with E-state index in [-0.39, 0.29) is 29.9 Å². The van der Waals surface area contributed by atoms with Crippen LogP contribution < -0.4 is 10.6 Å². The van der Waals surface area contributed by atoms with Gasteiger partial charge in [-0.25, -0.2) is 0 Å². The van der Waals surface area contributed by atoms with Crippen LogP contribution in [0.1, 0.15) is 31.5 Å². The second-order valence-electron chi connectivity index (χ2n) is 5.30. The summed E-state index contributed by atoms with van der Waals surface area (Å²) in [5, 5.41) is 10.5. The van der Waals surface area contributed by atoms with Gasteiger partial charge in [0.25, 0.3) is 0 Å². The number of halogens is 1. The number of aromatic nitrogens is 3. The molecule has 0 aromatic carbocycles. The van der Waals surface area contributed by atoms with E-state index in [1.54, 1.807) is 7.05 Å². The highest BCUT2D eigenvalue weighted by atomic mass is 127. The van der Waals surface area contributed by atoms with E-state index >= 15 is 0 Å². The Kier molecular flexibility index (Phi) is 8.67. The molecule has 0 aliphatic heterocycles. The molecular weight excluding hydrogens is 407 g/mol. The van der Waals surface area contributed by atoms with Gasteiger partial charge in [-0.3, -0.25) is 4.99 Å². The Labute approximate surface area is 154 Å². The molecule has 0 atom stereocenters. The van der Waals surface area contributed by atoms with Gasteiger partial charge in [0.1, 0.15) is 0 Å². The molecule has 2 rings (SSSR count). The lowest BCUT2D eigenvalue weighted by atomic mass is 10.2. The van der Waals surface area contributed by atoms with Crippen LogP contribution in [0.3, 0.4) is 0 Å². The molecule has 0 fully saturated rings. The lowest BCUT2D eigenvalue weighted by molar-refractivity contribution is 0.371. The Bertz CT molecular complexity index is 579. The molecule has 2 heterocycles. The third-order valence-electron chi connectivity index (χ3n) is 3.18. The van der Waals surface area contributed by atoms with Gasteiger partial charge in [0.05, 0.1) is 0 Å². The lowest BCUT2D eigenvalue weighted by Gasteiger charge is -2.11. The molecule has 0 aliphatic rings. The predicted octanol–water partition coefficient (Wildman–Crippen LogP) is 2.02. The molecule has 2 aromatic heterocycles. The van der Waals surface area contributed by atoms with Crippen LogP contribution in [-0.4, -0.2) is 40.8 Å². The van der Waals surface area contributed by atoms with Gasteiger partial charge in [0.15, 0.2) is 11.8 Å². The van der Waals surface area contributed by atoms with Crippen LogP contribution in [0.25, 0.3) is 0 Å². The minimum absolute atomic E-state index is 0. The molecule has 23 heavy (non-hydrogen) atoms. The highest BCUT2D eigenvalue weighted by Gasteiger charge is 2.09. The highest BCUT2D eigenvalue weighted by Crippen LogP contribution is 2.09. The summed E-state index contributed by atoms with van der Waals surface area (Å²) in [5.41, 5.74) is 0. The number of hydrogen-bond acceptors (Lipinski definition) is 4. The normalized spacial score (nSPS) is 11.4. The summed E-state index contributed by atoms with van der Waals surface area (Å²) < 4.78 is 7.32. The first-order valence-corrected chi connectivity index (χ1v) is 7.57. The van der Waals surface area contributed by atoms with Gasteiger partial charge in [-0.15, -0.1) is 24.0 Å². The molecule has 2 N–H and O–H groups in total. The van der Waals surface area contributed by atoms with E-state index in [1.165, 1.54) is 0 Å². The monoisotopic (exact) mass is 432 g/mol. The minimum atomic E-state index is 0. The number of hydrogen-bond donors (Lipinski definition) is 2. The molecule has 8 heteroatoms. The zero-order chi connectivity index (χ0) is 15.8. The van der Waals surface area contributed by atoms with Crippen LogP contribution in [0.5, 0.6) is 0 Å². The third kappa shape index (κ3) is 6.59. The van der Waals surface area contributed by atoms with Crippen molar-refractivity contribution < 1.29 is 4.52 Å². The fraction of sp³-hybridized carbons (Fsp3) is 0.533. The van der Waals surface area contributed by atoms with Crippen LogP contribution in [0.2, 0.25) is 0 Å². The maximum atomic E-state index is 5.21. The first kappa shape index (κ1) is 19.5. The first-order valence-electron chi connectivity index (χ1n) is 7.57. The Hall–Kier alpha value is -1.58. The van der Waals surface area contributed by atoms with E-state index < -0.39 is 0 Å². The Morgan fingerprint density at radius 2 is 1.96 bits per heavy atom. The third-order valence-corrected chi connectivity index (χ3v) is 3.18. The number of nitrogens with zero attached hydrogens (tertiary/aromatic N) is 4. The van der Waals surface area contributed by atoms with E-state index in [1.807, 2.05) is 38.4 Å². The number of guanidine groups is 1. The van der Waals surface area contributed by atoms with Crippen molar-refractivity contribution in [3.63, 3.8) is 0 Å². The summed E-state index contributed by atoms with van der Waals surface area (Å²) in [6, 6.07) is 4.03. The van der Waals surface area contributed by atoms with E-state index in [4.69, 9.17) is 4.52 Å². The summed E-state index contributed by atoms with van der Waals surface area (Å²) >= 11 is 0. The minimum Gasteiger partial charge on any atom is -0.356 e. The SMILES string of the molecule is CN=C(NCCc1nc(C(C)C)no1)NCCn1cccc1.I. The first-order chi connectivity index (χ1) is 10.7. The van der Waals surface area contributed by atoms with Crippen LogP contribution >= 0.6 is 24.0 Å². The van der Waals surface area contributed by atoms with Gasteiger partial charge < -0.3 is 19.7 Å². The molecular formula is C15H25IN6O. The molecule has 0 radical (unpaired) electrons. The summed E-state index contributed by atoms with van der Waals surface area (Å²) in [4.78, 5) is 8.54. The van der Waals surface area contributed by atoms with Crippen molar-refractivity contribution in [1.82, 2.24) is 25.3 Å². The topological polar surface area (TPSA) is 80.3 Å². The summed E-state index contributed by atoms with van der Waals surface area (Å²) in [7, 11) is 1.76. The lowest BCUT2D eigenvalue weighted by Crippen LogP contribution is -2.39. The average molecular weight is 432 g/mol. The maximum absolute atomic E-state index is 5.21. The Morgan fingerprint density at radius 3 is 2.57 bits per heavy atom. The van der Waals surface area contributed by atoms with Crippen LogP contribution in [0.15, 0.2) is 34.0 Å². The van der Waals surface area contributed by atoms with E-state index in [0.29, 0.717) is 18.9 Å². The van der Waals surface area contributed by atoms with Crippen molar-refractivity contribution >= 4 is 29.9 Å². The second-order valence-corrected chi connectivity index (χ2v) is 5.30. The quantitative estimate of drug-likeness (QED) is 0.398. The summed E-state index contributed by atoms with van der Waals surface area (Å²) in [5.74, 6) is 2.47. The molecule has 0 saturated heterocycles. The summed E-state index contributed by atoms with van der Waals surface area (Å²) in [6.07, 6.45) is 4.76. The fourth-order valence-corrected chi connectivity index (χ4v) is 1.94. The van der Waals surface area contributed by atoms with Gasteiger partial charge in [-0.05, 0) is 12.1 Å². The largest absolute Gasteiger partial charge is 0.356 e. The van der Waals surface area contributed by atoms with Crippen molar-refractivity contribution in [2.45, 2.75) is 32.7 Å². The van der Waals surface area contributed by atoms with Crippen molar-refractivity contribution in [2.24, 2.45) is 4.99 Å². The van der Waals surface area contributed by atoms with Crippen LogP contribution in [-0.2, 0) is 13.0 Å². The van der Waals surface area contributed by atoms with Crippen molar-refractivity contribution in [2.75, 3.05) is 20.1 Å². The number of nitrogens with one attached hydrogen (secondary N) is 2. The Morgan fingerprint density at radius 1 is 1.26 bits per heavy atom. The maximum Gasteiger partial charge on any atom is 0.228 e. The number of aliphatic imine (C=N–C) groups is 1. The van der Waals surface area contributed by atoms with Gasteiger partial charge >= 0.3 is 0 Å². The summed E-state index contributed by atoms with van der Waals surface area (Å²) in [6.45, 7) is 6.50. The van der Waals surface area contributed by atoms with Crippen LogP contribution in [0, 0.1) is 0 Å². The molecule has 7 nitrogen and oxygen atoms in total. The average Bonchev–Trinajstić information content (AvgIpc) is 3.17. The Balaban J connectivity index is 0.00000264. The van der Waals surface area contributed by atoms with Crippen molar-refractivity contribution in [3.05, 3.63) is 36.2 Å². The smallest absolute Gasteiger partial charge is 0.228 e. The molecule has 0 amide bonds. The predicted molar refractivity (Wildman–Crippen MR) is 101 cm³/mol. The highest BCUT2D eigenvalue weighted by molar-refractivity contribution is 14.0. The molecule has 0 aliphatic carbocycles. The molecule has 0 saturated carbocycles. The van der Waals surface area contributed by atoms with E-state index in [9.17, 15) is 0 Å². The second kappa shape index (κ2) is 10.2.